The van der Waals surface area contributed by atoms with Gasteiger partial charge in [-0.25, -0.2) is 0 Å². The molecule has 0 atom stereocenters. The Morgan fingerprint density at radius 3 is 2.81 bits per heavy atom. The van der Waals surface area contributed by atoms with E-state index in [9.17, 15) is 0 Å². The average Bonchev–Trinajstić information content (AvgIpc) is 2.81. The van der Waals surface area contributed by atoms with Crippen molar-refractivity contribution in [2.75, 3.05) is 18.8 Å². The lowest BCUT2D eigenvalue weighted by Gasteiger charge is -2.12. The van der Waals surface area contributed by atoms with Crippen LogP contribution in [0.3, 0.4) is 0 Å². The van der Waals surface area contributed by atoms with Crippen LogP contribution in [-0.4, -0.2) is 18.8 Å². The molecule has 0 aromatic carbocycles. The van der Waals surface area contributed by atoms with Crippen molar-refractivity contribution >= 4 is 23.1 Å². The third-order valence-electron chi connectivity index (χ3n) is 2.86. The van der Waals surface area contributed by atoms with Gasteiger partial charge in [0.2, 0.25) is 0 Å². The monoisotopic (exact) mass is 257 g/mol. The lowest BCUT2D eigenvalue weighted by atomic mass is 10.0. The summed E-state index contributed by atoms with van der Waals surface area (Å²) in [6.07, 6.45) is 2.59. The second-order valence-electron chi connectivity index (χ2n) is 4.07. The van der Waals surface area contributed by atoms with E-state index < -0.39 is 0 Å². The average molecular weight is 257 g/mol. The third-order valence-corrected chi connectivity index (χ3v) is 4.62. The predicted octanol–water partition coefficient (Wildman–Crippen LogP) is 4.01. The minimum atomic E-state index is 0.863. The third kappa shape index (κ3) is 5.92. The van der Waals surface area contributed by atoms with E-state index in [1.165, 1.54) is 30.7 Å². The minimum absolute atomic E-state index is 0.863. The van der Waals surface area contributed by atoms with Gasteiger partial charge in [0, 0.05) is 18.1 Å². The van der Waals surface area contributed by atoms with Gasteiger partial charge in [-0.05, 0) is 34.9 Å². The molecule has 0 aliphatic rings. The first-order valence-electron chi connectivity index (χ1n) is 6.16. The number of thioether (sulfide) groups is 1. The van der Waals surface area contributed by atoms with E-state index in [0.29, 0.717) is 0 Å². The zero-order valence-electron chi connectivity index (χ0n) is 10.4. The molecule has 0 saturated carbocycles. The van der Waals surface area contributed by atoms with Crippen molar-refractivity contribution in [3.05, 3.63) is 22.4 Å². The Labute approximate surface area is 108 Å². The maximum atomic E-state index is 3.55. The number of hydrogen-bond acceptors (Lipinski definition) is 3. The molecular weight excluding hydrogens is 234 g/mol. The Hall–Kier alpha value is 0.01000. The van der Waals surface area contributed by atoms with Gasteiger partial charge >= 0.3 is 0 Å². The molecule has 0 fully saturated rings. The van der Waals surface area contributed by atoms with Gasteiger partial charge in [-0.3, -0.25) is 0 Å². The molecule has 1 aromatic heterocycles. The van der Waals surface area contributed by atoms with Crippen LogP contribution in [0.25, 0.3) is 0 Å². The molecule has 0 amide bonds. The van der Waals surface area contributed by atoms with E-state index in [4.69, 9.17) is 0 Å². The standard InChI is InChI=1S/C13H23NS2/c1-3-12(4-2)9-14-6-8-16-11-13-5-7-15-10-13/h5,7,10,12,14H,3-4,6,8-9,11H2,1-2H3. The lowest BCUT2D eigenvalue weighted by Crippen LogP contribution is -2.24. The summed E-state index contributed by atoms with van der Waals surface area (Å²) in [5.41, 5.74) is 1.47. The molecule has 3 heteroatoms. The molecule has 0 radical (unpaired) electrons. The Morgan fingerprint density at radius 2 is 2.19 bits per heavy atom. The van der Waals surface area contributed by atoms with Gasteiger partial charge in [-0.15, -0.1) is 0 Å². The number of thiophene rings is 1. The molecule has 0 spiro atoms. The van der Waals surface area contributed by atoms with Crippen LogP contribution in [-0.2, 0) is 5.75 Å². The Kier molecular flexibility index (Phi) is 7.99. The molecule has 0 aliphatic carbocycles. The van der Waals surface area contributed by atoms with E-state index in [-0.39, 0.29) is 0 Å². The minimum Gasteiger partial charge on any atom is -0.316 e. The van der Waals surface area contributed by atoms with Gasteiger partial charge < -0.3 is 5.32 Å². The van der Waals surface area contributed by atoms with Crippen molar-refractivity contribution in [1.29, 1.82) is 0 Å². The van der Waals surface area contributed by atoms with Gasteiger partial charge in [0.05, 0.1) is 0 Å². The van der Waals surface area contributed by atoms with Crippen LogP contribution in [0, 0.1) is 5.92 Å². The molecule has 92 valence electrons. The first kappa shape index (κ1) is 14.1. The summed E-state index contributed by atoms with van der Waals surface area (Å²) in [5.74, 6) is 3.24. The fourth-order valence-corrected chi connectivity index (χ4v) is 3.22. The van der Waals surface area contributed by atoms with Gasteiger partial charge in [0.1, 0.15) is 0 Å². The summed E-state index contributed by atoms with van der Waals surface area (Å²) in [6, 6.07) is 2.22. The zero-order chi connectivity index (χ0) is 11.6. The van der Waals surface area contributed by atoms with Crippen LogP contribution in [0.1, 0.15) is 32.3 Å². The largest absolute Gasteiger partial charge is 0.316 e. The molecule has 16 heavy (non-hydrogen) atoms. The van der Waals surface area contributed by atoms with Gasteiger partial charge in [0.25, 0.3) is 0 Å². The summed E-state index contributed by atoms with van der Waals surface area (Å²) >= 11 is 3.81. The fourth-order valence-electron chi connectivity index (χ4n) is 1.59. The van der Waals surface area contributed by atoms with E-state index in [2.05, 4.69) is 36.0 Å². The molecule has 1 heterocycles. The molecule has 1 aromatic rings. The van der Waals surface area contributed by atoms with Crippen LogP contribution in [0.5, 0.6) is 0 Å². The van der Waals surface area contributed by atoms with Crippen molar-refractivity contribution in [2.45, 2.75) is 32.4 Å². The molecule has 0 saturated heterocycles. The van der Waals surface area contributed by atoms with Gasteiger partial charge in [-0.1, -0.05) is 26.7 Å². The Balaban J connectivity index is 1.92. The zero-order valence-corrected chi connectivity index (χ0v) is 12.0. The van der Waals surface area contributed by atoms with E-state index in [1.54, 1.807) is 11.3 Å². The predicted molar refractivity (Wildman–Crippen MR) is 77.4 cm³/mol. The highest BCUT2D eigenvalue weighted by Gasteiger charge is 2.01. The fraction of sp³-hybridized carbons (Fsp3) is 0.692. The summed E-state index contributed by atoms with van der Waals surface area (Å²) in [5, 5.41) is 7.94. The second-order valence-corrected chi connectivity index (χ2v) is 5.96. The van der Waals surface area contributed by atoms with Crippen molar-refractivity contribution in [2.24, 2.45) is 5.92 Å². The lowest BCUT2D eigenvalue weighted by molar-refractivity contribution is 0.457. The van der Waals surface area contributed by atoms with Crippen LogP contribution < -0.4 is 5.32 Å². The van der Waals surface area contributed by atoms with Gasteiger partial charge in [-0.2, -0.15) is 23.1 Å². The highest BCUT2D eigenvalue weighted by Crippen LogP contribution is 2.14. The maximum Gasteiger partial charge on any atom is 0.0193 e. The Bertz CT molecular complexity index is 242. The topological polar surface area (TPSA) is 12.0 Å². The van der Waals surface area contributed by atoms with Crippen molar-refractivity contribution in [3.63, 3.8) is 0 Å². The van der Waals surface area contributed by atoms with Crippen LogP contribution >= 0.6 is 23.1 Å². The van der Waals surface area contributed by atoms with E-state index in [0.717, 1.165) is 18.2 Å². The van der Waals surface area contributed by atoms with Crippen molar-refractivity contribution in [1.82, 2.24) is 5.32 Å². The molecular formula is C13H23NS2. The SMILES string of the molecule is CCC(CC)CNCCSCc1ccsc1. The first-order valence-corrected chi connectivity index (χ1v) is 8.26. The molecule has 1 nitrogen and oxygen atoms in total. The van der Waals surface area contributed by atoms with Crippen LogP contribution in [0.15, 0.2) is 16.8 Å². The number of nitrogens with one attached hydrogen (secondary N) is 1. The second kappa shape index (κ2) is 9.08. The number of rotatable bonds is 9. The Morgan fingerprint density at radius 1 is 1.38 bits per heavy atom. The van der Waals surface area contributed by atoms with Crippen LogP contribution in [0.2, 0.25) is 0 Å². The molecule has 0 aliphatic heterocycles. The smallest absolute Gasteiger partial charge is 0.0193 e. The molecule has 0 bridgehead atoms. The van der Waals surface area contributed by atoms with Crippen LogP contribution in [0.4, 0.5) is 0 Å². The highest BCUT2D eigenvalue weighted by atomic mass is 32.2. The van der Waals surface area contributed by atoms with Crippen molar-refractivity contribution in [3.8, 4) is 0 Å². The summed E-state index contributed by atoms with van der Waals surface area (Å²) in [7, 11) is 0. The summed E-state index contributed by atoms with van der Waals surface area (Å²) < 4.78 is 0. The molecule has 1 N–H and O–H groups in total. The molecule has 0 unspecified atom stereocenters. The maximum absolute atomic E-state index is 3.55. The number of hydrogen-bond donors (Lipinski definition) is 1. The van der Waals surface area contributed by atoms with Gasteiger partial charge in [0.15, 0.2) is 0 Å². The van der Waals surface area contributed by atoms with Crippen molar-refractivity contribution < 1.29 is 0 Å². The highest BCUT2D eigenvalue weighted by molar-refractivity contribution is 7.98. The molecule has 1 rings (SSSR count). The van der Waals surface area contributed by atoms with E-state index in [1.807, 2.05) is 11.8 Å². The first-order chi connectivity index (χ1) is 7.86. The summed E-state index contributed by atoms with van der Waals surface area (Å²) in [6.45, 7) is 6.89. The quantitative estimate of drug-likeness (QED) is 0.671. The van der Waals surface area contributed by atoms with E-state index >= 15 is 0 Å². The summed E-state index contributed by atoms with van der Waals surface area (Å²) in [4.78, 5) is 0. The normalized spacial score (nSPS) is 11.2.